The molecule has 0 aliphatic heterocycles. The molecule has 1 rings (SSSR count). The van der Waals surface area contributed by atoms with Gasteiger partial charge in [0.05, 0.1) is 11.7 Å². The number of hydrogen-bond acceptors (Lipinski definition) is 3. The summed E-state index contributed by atoms with van der Waals surface area (Å²) in [6, 6.07) is 4.07. The van der Waals surface area contributed by atoms with E-state index in [1.54, 1.807) is 6.07 Å². The molecule has 0 spiro atoms. The standard InChI is InChI=1S/C10H7BrFNO3/c11-6-1-2-8(7(12)5-6)13-9(14)3-4-10(15)16/h1-5H,(H,13,14)(H,15,16)/p-1. The molecule has 1 N–H and O–H groups in total. The van der Waals surface area contributed by atoms with Crippen molar-refractivity contribution in [3.63, 3.8) is 0 Å². The first-order chi connectivity index (χ1) is 7.49. The van der Waals surface area contributed by atoms with E-state index in [0.717, 1.165) is 6.08 Å². The number of nitrogens with one attached hydrogen (secondary N) is 1. The summed E-state index contributed by atoms with van der Waals surface area (Å²) in [6.45, 7) is 0. The first-order valence-corrected chi connectivity index (χ1v) is 4.93. The van der Waals surface area contributed by atoms with Crippen molar-refractivity contribution in [1.29, 1.82) is 0 Å². The summed E-state index contributed by atoms with van der Waals surface area (Å²) in [5.41, 5.74) is -0.0313. The predicted molar refractivity (Wildman–Crippen MR) is 56.9 cm³/mol. The topological polar surface area (TPSA) is 69.2 Å². The van der Waals surface area contributed by atoms with Crippen molar-refractivity contribution in [3.8, 4) is 0 Å². The number of hydrogen-bond donors (Lipinski definition) is 1. The van der Waals surface area contributed by atoms with Gasteiger partial charge in [0.25, 0.3) is 0 Å². The second kappa shape index (κ2) is 5.41. The van der Waals surface area contributed by atoms with Crippen molar-refractivity contribution < 1.29 is 19.1 Å². The zero-order valence-electron chi connectivity index (χ0n) is 7.87. The minimum absolute atomic E-state index is 0.0313. The molecule has 0 saturated heterocycles. The highest BCUT2D eigenvalue weighted by atomic mass is 79.9. The van der Waals surface area contributed by atoms with Crippen LogP contribution in [0.1, 0.15) is 0 Å². The molecule has 6 heteroatoms. The van der Waals surface area contributed by atoms with Crippen LogP contribution < -0.4 is 10.4 Å². The number of benzene rings is 1. The molecule has 84 valence electrons. The maximum Gasteiger partial charge on any atom is 0.248 e. The van der Waals surface area contributed by atoms with Crippen LogP contribution >= 0.6 is 15.9 Å². The number of carboxylic acids is 1. The van der Waals surface area contributed by atoms with Gasteiger partial charge in [-0.25, -0.2) is 4.39 Å². The molecule has 16 heavy (non-hydrogen) atoms. The minimum atomic E-state index is -1.49. The number of aliphatic carboxylic acids is 1. The fourth-order valence-corrected chi connectivity index (χ4v) is 1.24. The summed E-state index contributed by atoms with van der Waals surface area (Å²) in [5, 5.41) is 12.2. The van der Waals surface area contributed by atoms with Gasteiger partial charge in [-0.2, -0.15) is 0 Å². The highest BCUT2D eigenvalue weighted by molar-refractivity contribution is 9.10. The number of carbonyl (C=O) groups excluding carboxylic acids is 2. The van der Waals surface area contributed by atoms with Crippen LogP contribution in [0, 0.1) is 5.82 Å². The molecule has 1 aromatic rings. The van der Waals surface area contributed by atoms with Crippen molar-refractivity contribution in [3.05, 3.63) is 40.6 Å². The molecule has 0 radical (unpaired) electrons. The van der Waals surface area contributed by atoms with Crippen LogP contribution in [0.5, 0.6) is 0 Å². The third-order valence-electron chi connectivity index (χ3n) is 1.56. The predicted octanol–water partition coefficient (Wildman–Crippen LogP) is 0.833. The Bertz CT molecular complexity index is 459. The van der Waals surface area contributed by atoms with Gasteiger partial charge >= 0.3 is 0 Å². The molecule has 0 aromatic heterocycles. The summed E-state index contributed by atoms with van der Waals surface area (Å²) in [5.74, 6) is -2.86. The van der Waals surface area contributed by atoms with E-state index in [1.165, 1.54) is 12.1 Å². The average Bonchev–Trinajstić information content (AvgIpc) is 2.19. The molecule has 0 heterocycles. The highest BCUT2D eigenvalue weighted by Crippen LogP contribution is 2.19. The van der Waals surface area contributed by atoms with Gasteiger partial charge in [-0.1, -0.05) is 15.9 Å². The minimum Gasteiger partial charge on any atom is -0.545 e. The second-order valence-corrected chi connectivity index (χ2v) is 3.68. The highest BCUT2D eigenvalue weighted by Gasteiger charge is 2.04. The number of anilines is 1. The molecule has 1 amide bonds. The molecular formula is C10H6BrFNO3-. The lowest BCUT2D eigenvalue weighted by atomic mass is 10.3. The van der Waals surface area contributed by atoms with Crippen molar-refractivity contribution in [2.45, 2.75) is 0 Å². The molecule has 0 bridgehead atoms. The smallest absolute Gasteiger partial charge is 0.248 e. The molecular weight excluding hydrogens is 281 g/mol. The Morgan fingerprint density at radius 1 is 1.38 bits per heavy atom. The number of carboxylic acid groups (broad SMARTS) is 1. The molecule has 0 aliphatic carbocycles. The van der Waals surface area contributed by atoms with Gasteiger partial charge in [0.2, 0.25) is 5.91 Å². The Balaban J connectivity index is 2.73. The van der Waals surface area contributed by atoms with Gasteiger partial charge in [-0.05, 0) is 24.3 Å². The van der Waals surface area contributed by atoms with Crippen LogP contribution in [0.2, 0.25) is 0 Å². The summed E-state index contributed by atoms with van der Waals surface area (Å²) in [4.78, 5) is 21.1. The van der Waals surface area contributed by atoms with Crippen molar-refractivity contribution >= 4 is 33.5 Å². The third kappa shape index (κ3) is 3.82. The van der Waals surface area contributed by atoms with Gasteiger partial charge in [0, 0.05) is 10.5 Å². The zero-order chi connectivity index (χ0) is 12.1. The number of carbonyl (C=O) groups is 2. The van der Waals surface area contributed by atoms with Crippen LogP contribution in [0.15, 0.2) is 34.8 Å². The Hall–Kier alpha value is -1.69. The van der Waals surface area contributed by atoms with Crippen molar-refractivity contribution in [2.24, 2.45) is 0 Å². The summed E-state index contributed by atoms with van der Waals surface area (Å²) in [7, 11) is 0. The van der Waals surface area contributed by atoms with Gasteiger partial charge in [-0.3, -0.25) is 4.79 Å². The van der Waals surface area contributed by atoms with Gasteiger partial charge in [0.1, 0.15) is 5.82 Å². The lowest BCUT2D eigenvalue weighted by molar-refractivity contribution is -0.297. The van der Waals surface area contributed by atoms with Crippen molar-refractivity contribution in [2.75, 3.05) is 5.32 Å². The van der Waals surface area contributed by atoms with E-state index in [4.69, 9.17) is 0 Å². The fourth-order valence-electron chi connectivity index (χ4n) is 0.909. The van der Waals surface area contributed by atoms with Crippen molar-refractivity contribution in [1.82, 2.24) is 0 Å². The van der Waals surface area contributed by atoms with Crippen LogP contribution in [0.4, 0.5) is 10.1 Å². The van der Waals surface area contributed by atoms with E-state index in [-0.39, 0.29) is 5.69 Å². The molecule has 0 unspecified atom stereocenters. The SMILES string of the molecule is O=C([O-])C=CC(=O)Nc1ccc(Br)cc1F. The maximum absolute atomic E-state index is 13.2. The van der Waals surface area contributed by atoms with Crippen LogP contribution in [-0.4, -0.2) is 11.9 Å². The van der Waals surface area contributed by atoms with E-state index in [9.17, 15) is 19.1 Å². The summed E-state index contributed by atoms with van der Waals surface area (Å²) < 4.78 is 13.7. The average molecular weight is 287 g/mol. The number of halogens is 2. The molecule has 0 atom stereocenters. The van der Waals surface area contributed by atoms with Crippen LogP contribution in [-0.2, 0) is 9.59 Å². The monoisotopic (exact) mass is 286 g/mol. The maximum atomic E-state index is 13.2. The lowest BCUT2D eigenvalue weighted by Crippen LogP contribution is -2.20. The lowest BCUT2D eigenvalue weighted by Gasteiger charge is -2.03. The van der Waals surface area contributed by atoms with E-state index >= 15 is 0 Å². The quantitative estimate of drug-likeness (QED) is 0.837. The van der Waals surface area contributed by atoms with E-state index in [0.29, 0.717) is 10.5 Å². The van der Waals surface area contributed by atoms with Crippen LogP contribution in [0.25, 0.3) is 0 Å². The number of rotatable bonds is 3. The molecule has 0 aliphatic rings. The van der Waals surface area contributed by atoms with Gasteiger partial charge < -0.3 is 15.2 Å². The first-order valence-electron chi connectivity index (χ1n) is 4.14. The Kier molecular flexibility index (Phi) is 4.19. The van der Waals surface area contributed by atoms with E-state index in [2.05, 4.69) is 21.2 Å². The van der Waals surface area contributed by atoms with Gasteiger partial charge in [-0.15, -0.1) is 0 Å². The fraction of sp³-hybridized carbons (Fsp3) is 0. The Labute approximate surface area is 98.9 Å². The normalized spacial score (nSPS) is 10.4. The molecule has 4 nitrogen and oxygen atoms in total. The van der Waals surface area contributed by atoms with E-state index in [1.807, 2.05) is 0 Å². The Morgan fingerprint density at radius 3 is 2.62 bits per heavy atom. The molecule has 0 saturated carbocycles. The van der Waals surface area contributed by atoms with Crippen LogP contribution in [0.3, 0.4) is 0 Å². The zero-order valence-corrected chi connectivity index (χ0v) is 9.45. The summed E-state index contributed by atoms with van der Waals surface area (Å²) >= 11 is 3.06. The largest absolute Gasteiger partial charge is 0.545 e. The van der Waals surface area contributed by atoms with E-state index < -0.39 is 17.7 Å². The second-order valence-electron chi connectivity index (χ2n) is 2.77. The number of amides is 1. The summed E-state index contributed by atoms with van der Waals surface area (Å²) in [6.07, 6.45) is 1.31. The Morgan fingerprint density at radius 2 is 2.06 bits per heavy atom. The third-order valence-corrected chi connectivity index (χ3v) is 2.05. The van der Waals surface area contributed by atoms with Gasteiger partial charge in [0.15, 0.2) is 0 Å². The molecule has 1 aromatic carbocycles. The first kappa shape index (κ1) is 12.4. The molecule has 0 fully saturated rings.